The lowest BCUT2D eigenvalue weighted by molar-refractivity contribution is 0.0688. The second-order valence-corrected chi connectivity index (χ2v) is 9.93. The first-order chi connectivity index (χ1) is 14.1. The number of hydrogen-bond donors (Lipinski definition) is 1. The molecule has 1 aliphatic rings. The number of anilines is 1. The molecule has 1 aromatic heterocycles. The van der Waals surface area contributed by atoms with Crippen molar-refractivity contribution in [1.29, 1.82) is 0 Å². The number of ether oxygens (including phenoxy) is 1. The third-order valence-electron chi connectivity index (χ3n) is 4.91. The lowest BCUT2D eigenvalue weighted by Gasteiger charge is -2.36. The van der Waals surface area contributed by atoms with Gasteiger partial charge in [0.1, 0.15) is 12.4 Å². The third kappa shape index (κ3) is 4.61. The summed E-state index contributed by atoms with van der Waals surface area (Å²) in [6, 6.07) is 7.51. The molecule has 0 saturated carbocycles. The van der Waals surface area contributed by atoms with Crippen LogP contribution in [0.15, 0.2) is 28.7 Å². The van der Waals surface area contributed by atoms with E-state index in [1.807, 2.05) is 24.3 Å². The molecule has 1 aliphatic heterocycles. The van der Waals surface area contributed by atoms with Crippen molar-refractivity contribution >= 4 is 37.8 Å². The Morgan fingerprint density at radius 1 is 1.20 bits per heavy atom. The average molecular weight is 502 g/mol. The van der Waals surface area contributed by atoms with Gasteiger partial charge in [0.25, 0.3) is 10.2 Å². The summed E-state index contributed by atoms with van der Waals surface area (Å²) in [6.07, 6.45) is 0. The minimum atomic E-state index is -3.38. The van der Waals surface area contributed by atoms with Crippen LogP contribution in [-0.4, -0.2) is 78.2 Å². The number of benzene rings is 1. The Labute approximate surface area is 183 Å². The third-order valence-corrected chi connectivity index (χ3v) is 7.68. The Balaban J connectivity index is 1.60. The molecule has 0 amide bonds. The van der Waals surface area contributed by atoms with E-state index >= 15 is 0 Å². The lowest BCUT2D eigenvalue weighted by Crippen LogP contribution is -2.51. The predicted octanol–water partition coefficient (Wildman–Crippen LogP) is 1.39. The SMILES string of the molecule is CN(C)S(=O)(=O)N1CCN(c2ccc(OCc3c(Br)c(C(=O)O)nn3C)cc2)CC1. The van der Waals surface area contributed by atoms with Crippen molar-refractivity contribution in [3.8, 4) is 5.75 Å². The van der Waals surface area contributed by atoms with E-state index in [2.05, 4.69) is 25.9 Å². The summed E-state index contributed by atoms with van der Waals surface area (Å²) in [6.45, 7) is 2.23. The van der Waals surface area contributed by atoms with E-state index < -0.39 is 16.2 Å². The topological polar surface area (TPSA) is 108 Å². The number of carbonyl (C=O) groups is 1. The molecule has 0 radical (unpaired) electrons. The van der Waals surface area contributed by atoms with Gasteiger partial charge in [0.2, 0.25) is 0 Å². The van der Waals surface area contributed by atoms with Crippen LogP contribution in [0.1, 0.15) is 16.2 Å². The Morgan fingerprint density at radius 3 is 2.30 bits per heavy atom. The fourth-order valence-electron chi connectivity index (χ4n) is 3.14. The normalized spacial score (nSPS) is 15.6. The van der Waals surface area contributed by atoms with Crippen LogP contribution in [0, 0.1) is 0 Å². The maximum Gasteiger partial charge on any atom is 0.357 e. The van der Waals surface area contributed by atoms with Gasteiger partial charge in [0, 0.05) is 53.0 Å². The summed E-state index contributed by atoms with van der Waals surface area (Å²) < 4.78 is 34.8. The number of aromatic nitrogens is 2. The fraction of sp³-hybridized carbons (Fsp3) is 0.444. The number of halogens is 1. The molecule has 10 nitrogen and oxygen atoms in total. The number of carboxylic acid groups (broad SMARTS) is 1. The Bertz CT molecular complexity index is 1010. The number of carboxylic acids is 1. The van der Waals surface area contributed by atoms with Crippen molar-refractivity contribution in [2.24, 2.45) is 7.05 Å². The molecule has 0 bridgehead atoms. The van der Waals surface area contributed by atoms with Gasteiger partial charge in [-0.3, -0.25) is 4.68 Å². The number of aryl methyl sites for hydroxylation is 1. The zero-order valence-electron chi connectivity index (χ0n) is 16.9. The Hall–Kier alpha value is -2.15. The largest absolute Gasteiger partial charge is 0.487 e. The number of nitrogens with zero attached hydrogens (tertiary/aromatic N) is 5. The standard InChI is InChI=1S/C18H24BrN5O5S/c1-21(2)30(27,28)24-10-8-23(9-11-24)13-4-6-14(7-5-13)29-12-15-16(19)17(18(25)26)20-22(15)3/h4-7H,8-12H2,1-3H3,(H,25,26). The van der Waals surface area contributed by atoms with Crippen LogP contribution >= 0.6 is 15.9 Å². The van der Waals surface area contributed by atoms with Crippen LogP contribution in [0.3, 0.4) is 0 Å². The van der Waals surface area contributed by atoms with Crippen molar-refractivity contribution < 1.29 is 23.1 Å². The van der Waals surface area contributed by atoms with Crippen molar-refractivity contribution in [3.05, 3.63) is 40.1 Å². The minimum Gasteiger partial charge on any atom is -0.487 e. The molecule has 0 aliphatic carbocycles. The molecule has 3 rings (SSSR count). The quantitative estimate of drug-likeness (QED) is 0.610. The molecule has 2 heterocycles. The highest BCUT2D eigenvalue weighted by Crippen LogP contribution is 2.25. The molecule has 0 unspecified atom stereocenters. The molecule has 0 atom stereocenters. The van der Waals surface area contributed by atoms with Gasteiger partial charge in [0.05, 0.1) is 10.2 Å². The van der Waals surface area contributed by atoms with Crippen LogP contribution in [0.4, 0.5) is 5.69 Å². The zero-order valence-corrected chi connectivity index (χ0v) is 19.3. The first kappa shape index (κ1) is 22.5. The van der Waals surface area contributed by atoms with Crippen molar-refractivity contribution in [3.63, 3.8) is 0 Å². The minimum absolute atomic E-state index is 0.0538. The highest BCUT2D eigenvalue weighted by atomic mass is 79.9. The van der Waals surface area contributed by atoms with Crippen LogP contribution in [-0.2, 0) is 23.9 Å². The maximum atomic E-state index is 12.2. The van der Waals surface area contributed by atoms with Crippen LogP contribution < -0.4 is 9.64 Å². The molecular weight excluding hydrogens is 478 g/mol. The predicted molar refractivity (Wildman–Crippen MR) is 115 cm³/mol. The highest BCUT2D eigenvalue weighted by molar-refractivity contribution is 9.10. The monoisotopic (exact) mass is 501 g/mol. The second kappa shape index (κ2) is 8.92. The van der Waals surface area contributed by atoms with Gasteiger partial charge in [-0.05, 0) is 40.2 Å². The van der Waals surface area contributed by atoms with E-state index in [9.17, 15) is 13.2 Å². The number of rotatable bonds is 7. The number of aromatic carboxylic acids is 1. The average Bonchev–Trinajstić information content (AvgIpc) is 3.00. The van der Waals surface area contributed by atoms with E-state index in [1.165, 1.54) is 27.4 Å². The first-order valence-corrected chi connectivity index (χ1v) is 11.4. The van der Waals surface area contributed by atoms with Gasteiger partial charge in [0.15, 0.2) is 5.69 Å². The van der Waals surface area contributed by atoms with Crippen LogP contribution in [0.5, 0.6) is 5.75 Å². The molecule has 164 valence electrons. The van der Waals surface area contributed by atoms with E-state index in [-0.39, 0.29) is 12.3 Å². The smallest absolute Gasteiger partial charge is 0.357 e. The first-order valence-electron chi connectivity index (χ1n) is 9.21. The fourth-order valence-corrected chi connectivity index (χ4v) is 4.85. The summed E-state index contributed by atoms with van der Waals surface area (Å²) in [5, 5.41) is 13.1. The van der Waals surface area contributed by atoms with Crippen LogP contribution in [0.2, 0.25) is 0 Å². The summed E-state index contributed by atoms with van der Waals surface area (Å²) in [5.41, 5.74) is 1.55. The van der Waals surface area contributed by atoms with Gasteiger partial charge in [-0.15, -0.1) is 0 Å². The second-order valence-electron chi connectivity index (χ2n) is 7.00. The van der Waals surface area contributed by atoms with Gasteiger partial charge < -0.3 is 14.7 Å². The summed E-state index contributed by atoms with van der Waals surface area (Å²) >= 11 is 3.27. The molecule has 30 heavy (non-hydrogen) atoms. The van der Waals surface area contributed by atoms with Crippen LogP contribution in [0.25, 0.3) is 0 Å². The van der Waals surface area contributed by atoms with E-state index in [4.69, 9.17) is 9.84 Å². The Kier molecular flexibility index (Phi) is 6.70. The Morgan fingerprint density at radius 2 is 1.80 bits per heavy atom. The van der Waals surface area contributed by atoms with E-state index in [0.717, 1.165) is 5.69 Å². The van der Waals surface area contributed by atoms with Crippen molar-refractivity contribution in [2.75, 3.05) is 45.2 Å². The summed E-state index contributed by atoms with van der Waals surface area (Å²) in [4.78, 5) is 13.3. The molecule has 1 saturated heterocycles. The van der Waals surface area contributed by atoms with Gasteiger partial charge >= 0.3 is 5.97 Å². The van der Waals surface area contributed by atoms with Gasteiger partial charge in [-0.1, -0.05) is 0 Å². The summed E-state index contributed by atoms with van der Waals surface area (Å²) in [7, 11) is 1.35. The highest BCUT2D eigenvalue weighted by Gasteiger charge is 2.28. The number of piperazine rings is 1. The molecule has 2 aromatic rings. The molecule has 12 heteroatoms. The molecule has 1 N–H and O–H groups in total. The molecule has 1 aromatic carbocycles. The number of hydrogen-bond acceptors (Lipinski definition) is 6. The molecule has 1 fully saturated rings. The maximum absolute atomic E-state index is 12.2. The summed E-state index contributed by atoms with van der Waals surface area (Å²) in [5.74, 6) is -0.468. The van der Waals surface area contributed by atoms with E-state index in [1.54, 1.807) is 7.05 Å². The van der Waals surface area contributed by atoms with E-state index in [0.29, 0.717) is 42.1 Å². The zero-order chi connectivity index (χ0) is 22.1. The van der Waals surface area contributed by atoms with Gasteiger partial charge in [-0.2, -0.15) is 22.1 Å². The molecule has 0 spiro atoms. The van der Waals surface area contributed by atoms with Crippen molar-refractivity contribution in [2.45, 2.75) is 6.61 Å². The van der Waals surface area contributed by atoms with Crippen molar-refractivity contribution in [1.82, 2.24) is 18.4 Å². The molecular formula is C18H24BrN5O5S. The van der Waals surface area contributed by atoms with Gasteiger partial charge in [-0.25, -0.2) is 4.79 Å². The lowest BCUT2D eigenvalue weighted by atomic mass is 10.2.